The summed E-state index contributed by atoms with van der Waals surface area (Å²) in [7, 11) is -3.90. The molecule has 0 bridgehead atoms. The van der Waals surface area contributed by atoms with Gasteiger partial charge in [-0.1, -0.05) is 43.2 Å². The highest BCUT2D eigenvalue weighted by Gasteiger charge is 2.62. The molecule has 5 atom stereocenters. The number of carbonyl (C=O) groups excluding carboxylic acids is 4. The fraction of sp³-hybridized carbons (Fsp3) is 0.538. The Bertz CT molecular complexity index is 2100. The number of nitrogens with one attached hydrogen (secondary N) is 3. The van der Waals surface area contributed by atoms with Crippen molar-refractivity contribution in [2.24, 2.45) is 5.92 Å². The first-order valence-corrected chi connectivity index (χ1v) is 22.6. The first-order valence-electron chi connectivity index (χ1n) is 19.1. The van der Waals surface area contributed by atoms with Gasteiger partial charge in [-0.25, -0.2) is 23.2 Å². The lowest BCUT2D eigenvalue weighted by Gasteiger charge is -2.30. The predicted molar refractivity (Wildman–Crippen MR) is 212 cm³/mol. The minimum absolute atomic E-state index is 0.0198. The second-order valence-electron chi connectivity index (χ2n) is 15.9. The average Bonchev–Trinajstić information content (AvgIpc) is 4.01. The van der Waals surface area contributed by atoms with Crippen molar-refractivity contribution in [2.45, 2.75) is 123 Å². The number of allylic oxidation sites excluding steroid dienone is 1. The second-order valence-corrected chi connectivity index (χ2v) is 20.1. The monoisotopic (exact) mass is 824 g/mol. The molecule has 1 aromatic carbocycles. The van der Waals surface area contributed by atoms with Gasteiger partial charge < -0.3 is 25.0 Å². The fourth-order valence-electron chi connectivity index (χ4n) is 7.15. The highest BCUT2D eigenvalue weighted by atomic mass is 32.2. The molecule has 4 aliphatic rings. The largest absolute Gasteiger partial charge is 0.471 e. The number of ether oxygens (including phenoxy) is 2. The number of fused-ring (bicyclic) bond motifs is 3. The van der Waals surface area contributed by atoms with Crippen LogP contribution in [0.15, 0.2) is 58.1 Å². The van der Waals surface area contributed by atoms with Crippen LogP contribution in [0, 0.1) is 5.92 Å². The number of hydrogen-bond donors (Lipinski definition) is 3. The van der Waals surface area contributed by atoms with Crippen molar-refractivity contribution in [3.8, 4) is 5.88 Å². The maximum atomic E-state index is 14.6. The topological polar surface area (TPSA) is 186 Å². The van der Waals surface area contributed by atoms with E-state index in [-0.39, 0.29) is 25.3 Å². The van der Waals surface area contributed by atoms with Gasteiger partial charge in [0.2, 0.25) is 27.7 Å². The predicted octanol–water partition coefficient (Wildman–Crippen LogP) is 5.23. The number of nitrogens with zero attached hydrogens (tertiary/aromatic N) is 3. The number of carbonyl (C=O) groups is 4. The summed E-state index contributed by atoms with van der Waals surface area (Å²) >= 11 is 3.21. The van der Waals surface area contributed by atoms with E-state index in [0.717, 1.165) is 17.1 Å². The molecule has 0 radical (unpaired) electrons. The lowest BCUT2D eigenvalue weighted by atomic mass is 10.0. The normalized spacial score (nSPS) is 26.5. The van der Waals surface area contributed by atoms with Gasteiger partial charge in [-0.15, -0.1) is 23.1 Å². The molecule has 14 nitrogen and oxygen atoms in total. The van der Waals surface area contributed by atoms with Crippen molar-refractivity contribution in [1.82, 2.24) is 30.2 Å². The Balaban J connectivity index is 1.19. The van der Waals surface area contributed by atoms with Gasteiger partial charge in [0.05, 0.1) is 27.0 Å². The van der Waals surface area contributed by atoms with Crippen LogP contribution in [0.25, 0.3) is 11.0 Å². The first kappa shape index (κ1) is 40.0. The summed E-state index contributed by atoms with van der Waals surface area (Å²) in [6.07, 6.45) is 6.73. The van der Waals surface area contributed by atoms with Crippen molar-refractivity contribution in [3.63, 3.8) is 0 Å². The lowest BCUT2D eigenvalue weighted by Crippen LogP contribution is -2.58. The average molecular weight is 825 g/mol. The maximum Gasteiger partial charge on any atom is 0.408 e. The molecule has 17 heteroatoms. The number of amides is 4. The van der Waals surface area contributed by atoms with Crippen LogP contribution in [0.4, 0.5) is 4.79 Å². The molecule has 2 saturated carbocycles. The molecule has 3 aromatic rings. The number of sulfonamides is 1. The number of aromatic nitrogens is 2. The van der Waals surface area contributed by atoms with Crippen LogP contribution in [-0.4, -0.2) is 88.2 Å². The number of thiophene rings is 1. The number of hydrogen-bond acceptors (Lipinski definition) is 12. The van der Waals surface area contributed by atoms with Gasteiger partial charge in [-0.2, -0.15) is 0 Å². The molecule has 4 amide bonds. The zero-order chi connectivity index (χ0) is 39.7. The first-order chi connectivity index (χ1) is 26.7. The third kappa shape index (κ3) is 9.48. The summed E-state index contributed by atoms with van der Waals surface area (Å²) in [5, 5.41) is 7.02. The van der Waals surface area contributed by atoms with Crippen molar-refractivity contribution in [1.29, 1.82) is 0 Å². The SMILES string of the molecule is CC(C)(C)OC(=O)N[C@@H]1CCCCC/C=C\C2C[C@@]2(C(=O)NS(=O)(=O)C2CC2)NC(=O)[C@@H]2C[C@@H](Oc3nc4ccccc4nc3CSc3cccs3)CN2C1=O. The van der Waals surface area contributed by atoms with Gasteiger partial charge >= 0.3 is 6.09 Å². The standard InChI is InChI=1S/C39H48N6O8S3/c1-38(2,3)53-37(49)42-29-15-8-6-4-5-7-12-24-21-39(24,36(48)44-56(50,51)26-17-18-26)43-33(46)31-20-25(22-45(31)35(29)47)52-34-30(23-55-32-16-11-19-54-32)40-27-13-9-10-14-28(27)41-34/h7,9-14,16,19,24-26,29,31H,4-6,8,15,17-18,20-23H2,1-3H3,(H,42,49)(H,43,46)(H,44,48)/b12-7-/t24?,25-,29-,31+,39-/m1/s1. The molecule has 1 saturated heterocycles. The van der Waals surface area contributed by atoms with Gasteiger partial charge in [-0.3, -0.25) is 19.1 Å². The van der Waals surface area contributed by atoms with Crippen LogP contribution in [0.3, 0.4) is 0 Å². The van der Waals surface area contributed by atoms with Gasteiger partial charge in [0.25, 0.3) is 5.91 Å². The Morgan fingerprint density at radius 1 is 1.05 bits per heavy atom. The third-order valence-electron chi connectivity index (χ3n) is 10.3. The van der Waals surface area contributed by atoms with Crippen molar-refractivity contribution >= 4 is 68.0 Å². The Morgan fingerprint density at radius 3 is 2.54 bits per heavy atom. The number of rotatable bonds is 9. The Labute approximate surface area is 335 Å². The van der Waals surface area contributed by atoms with Crippen LogP contribution >= 0.6 is 23.1 Å². The van der Waals surface area contributed by atoms with Gasteiger partial charge in [0.1, 0.15) is 35.0 Å². The molecule has 3 fully saturated rings. The number of para-hydroxylation sites is 2. The van der Waals surface area contributed by atoms with E-state index in [2.05, 4.69) is 15.4 Å². The van der Waals surface area contributed by atoms with Crippen molar-refractivity contribution in [2.75, 3.05) is 6.54 Å². The molecule has 2 aromatic heterocycles. The van der Waals surface area contributed by atoms with E-state index < -0.39 is 74.3 Å². The Kier molecular flexibility index (Phi) is 11.7. The molecular formula is C39H48N6O8S3. The van der Waals surface area contributed by atoms with Crippen LogP contribution in [0.1, 0.15) is 84.3 Å². The van der Waals surface area contributed by atoms with E-state index in [1.165, 1.54) is 4.90 Å². The molecule has 56 heavy (non-hydrogen) atoms. The van der Waals surface area contributed by atoms with Crippen LogP contribution in [-0.2, 0) is 34.9 Å². The van der Waals surface area contributed by atoms with Crippen LogP contribution in [0.5, 0.6) is 5.88 Å². The summed E-state index contributed by atoms with van der Waals surface area (Å²) in [6.45, 7) is 5.18. The van der Waals surface area contributed by atoms with Crippen molar-refractivity contribution < 1.29 is 37.1 Å². The number of benzene rings is 1. The minimum atomic E-state index is -3.90. The lowest BCUT2D eigenvalue weighted by molar-refractivity contribution is -0.141. The minimum Gasteiger partial charge on any atom is -0.471 e. The van der Waals surface area contributed by atoms with E-state index in [0.29, 0.717) is 54.6 Å². The summed E-state index contributed by atoms with van der Waals surface area (Å²) in [6, 6.07) is 9.33. The summed E-state index contributed by atoms with van der Waals surface area (Å²) in [5.41, 5.74) is -0.388. The quantitative estimate of drug-likeness (QED) is 0.190. The molecule has 1 unspecified atom stereocenters. The maximum absolute atomic E-state index is 14.6. The molecule has 2 aliphatic heterocycles. The van der Waals surface area contributed by atoms with E-state index in [1.54, 1.807) is 43.9 Å². The highest BCUT2D eigenvalue weighted by Crippen LogP contribution is 2.46. The molecule has 3 N–H and O–H groups in total. The third-order valence-corrected chi connectivity index (χ3v) is 14.2. The van der Waals surface area contributed by atoms with E-state index >= 15 is 0 Å². The molecule has 2 aliphatic carbocycles. The molecule has 0 spiro atoms. The molecule has 7 rings (SSSR count). The fourth-order valence-corrected chi connectivity index (χ4v) is 10.2. The van der Waals surface area contributed by atoms with Crippen LogP contribution in [0.2, 0.25) is 0 Å². The van der Waals surface area contributed by atoms with Crippen molar-refractivity contribution in [3.05, 3.63) is 59.6 Å². The Morgan fingerprint density at radius 2 is 1.82 bits per heavy atom. The van der Waals surface area contributed by atoms with E-state index in [9.17, 15) is 27.6 Å². The van der Waals surface area contributed by atoms with Gasteiger partial charge in [-0.05, 0) is 82.9 Å². The molecular weight excluding hydrogens is 777 g/mol. The molecule has 300 valence electrons. The zero-order valence-corrected chi connectivity index (χ0v) is 34.1. The van der Waals surface area contributed by atoms with Gasteiger partial charge in [0.15, 0.2) is 0 Å². The zero-order valence-electron chi connectivity index (χ0n) is 31.7. The molecule has 4 heterocycles. The highest BCUT2D eigenvalue weighted by molar-refractivity contribution is 8.00. The summed E-state index contributed by atoms with van der Waals surface area (Å²) in [4.78, 5) is 67.0. The van der Waals surface area contributed by atoms with E-state index in [4.69, 9.17) is 19.4 Å². The second kappa shape index (κ2) is 16.3. The van der Waals surface area contributed by atoms with Gasteiger partial charge in [0, 0.05) is 18.1 Å². The smallest absolute Gasteiger partial charge is 0.408 e. The van der Waals surface area contributed by atoms with E-state index in [1.807, 2.05) is 53.9 Å². The Hall–Kier alpha value is -4.22. The number of alkyl carbamates (subject to hydrolysis) is 1. The number of thioether (sulfide) groups is 1. The summed E-state index contributed by atoms with van der Waals surface area (Å²) < 4.78 is 41.2. The van der Waals surface area contributed by atoms with Crippen LogP contribution < -0.4 is 20.1 Å². The summed E-state index contributed by atoms with van der Waals surface area (Å²) in [5.74, 6) is -1.58.